The average molecular weight is 286 g/mol. The van der Waals surface area contributed by atoms with E-state index in [1.807, 2.05) is 24.3 Å². The maximum absolute atomic E-state index is 11.1. The molecule has 0 fully saturated rings. The Morgan fingerprint density at radius 1 is 0.944 bits per heavy atom. The number of ether oxygens (including phenoxy) is 2. The van der Waals surface area contributed by atoms with Gasteiger partial charge in [-0.2, -0.15) is 0 Å². The lowest BCUT2D eigenvalue weighted by atomic mass is 10.4. The molecule has 0 saturated carbocycles. The Morgan fingerprint density at radius 2 is 1.33 bits per heavy atom. The van der Waals surface area contributed by atoms with Gasteiger partial charge in [-0.1, -0.05) is 12.1 Å². The van der Waals surface area contributed by atoms with Gasteiger partial charge in [0.25, 0.3) is 0 Å². The number of esters is 2. The van der Waals surface area contributed by atoms with E-state index >= 15 is 0 Å². The number of carbonyl (C=O) groups is 2. The largest absolute Gasteiger partial charge is 0.468 e. The minimum absolute atomic E-state index is 0.256. The summed E-state index contributed by atoms with van der Waals surface area (Å²) in [5, 5.41) is 0. The molecule has 1 aromatic rings. The predicted molar refractivity (Wildman–Crippen MR) is 71.9 cm³/mol. The van der Waals surface area contributed by atoms with Crippen LogP contribution in [0.2, 0.25) is 0 Å². The molecule has 0 bridgehead atoms. The molecule has 0 amide bonds. The first-order valence-electron chi connectivity index (χ1n) is 5.15. The van der Waals surface area contributed by atoms with E-state index < -0.39 is 0 Å². The summed E-state index contributed by atoms with van der Waals surface area (Å²) in [4.78, 5) is 24.1. The van der Waals surface area contributed by atoms with E-state index in [1.54, 1.807) is 0 Å². The highest BCUT2D eigenvalue weighted by Crippen LogP contribution is 2.30. The zero-order chi connectivity index (χ0) is 13.4. The van der Waals surface area contributed by atoms with Gasteiger partial charge in [0.1, 0.15) is 0 Å². The van der Waals surface area contributed by atoms with Crippen LogP contribution in [0.5, 0.6) is 0 Å². The first-order chi connectivity index (χ1) is 8.67. The van der Waals surface area contributed by atoms with E-state index in [2.05, 4.69) is 9.47 Å². The van der Waals surface area contributed by atoms with Gasteiger partial charge in [0, 0.05) is 9.79 Å². The van der Waals surface area contributed by atoms with Crippen molar-refractivity contribution in [1.29, 1.82) is 0 Å². The summed E-state index contributed by atoms with van der Waals surface area (Å²) < 4.78 is 9.17. The highest BCUT2D eigenvalue weighted by atomic mass is 32.2. The molecule has 0 heterocycles. The quantitative estimate of drug-likeness (QED) is 0.590. The van der Waals surface area contributed by atoms with Crippen LogP contribution in [-0.4, -0.2) is 37.7 Å². The van der Waals surface area contributed by atoms with Gasteiger partial charge in [-0.15, -0.1) is 23.5 Å². The predicted octanol–water partition coefficient (Wildman–Crippen LogP) is 2.22. The standard InChI is InChI=1S/C12H14O4S2/c1-15-11(13)7-17-9-5-3-4-6-10(9)18-8-12(14)16-2/h3-6H,7-8H2,1-2H3. The summed E-state index contributed by atoms with van der Waals surface area (Å²) in [7, 11) is 2.72. The number of benzene rings is 1. The molecule has 6 heteroatoms. The molecule has 1 aromatic carbocycles. The third-order valence-electron chi connectivity index (χ3n) is 2.00. The van der Waals surface area contributed by atoms with Crippen LogP contribution in [0.4, 0.5) is 0 Å². The lowest BCUT2D eigenvalue weighted by Crippen LogP contribution is -2.04. The van der Waals surface area contributed by atoms with E-state index in [4.69, 9.17) is 0 Å². The van der Waals surface area contributed by atoms with Crippen molar-refractivity contribution >= 4 is 35.5 Å². The van der Waals surface area contributed by atoms with Crippen molar-refractivity contribution in [2.45, 2.75) is 9.79 Å². The van der Waals surface area contributed by atoms with Crippen LogP contribution in [0.3, 0.4) is 0 Å². The number of hydrogen-bond donors (Lipinski definition) is 0. The topological polar surface area (TPSA) is 52.6 Å². The Kier molecular flexibility index (Phi) is 6.67. The van der Waals surface area contributed by atoms with Crippen LogP contribution in [0.1, 0.15) is 0 Å². The minimum Gasteiger partial charge on any atom is -0.468 e. The van der Waals surface area contributed by atoms with Gasteiger partial charge in [-0.3, -0.25) is 9.59 Å². The molecule has 98 valence electrons. The second kappa shape index (κ2) is 8.05. The maximum Gasteiger partial charge on any atom is 0.315 e. The SMILES string of the molecule is COC(=O)CSc1ccccc1SCC(=O)OC. The van der Waals surface area contributed by atoms with Gasteiger partial charge < -0.3 is 9.47 Å². The molecule has 18 heavy (non-hydrogen) atoms. The molecule has 0 atom stereocenters. The Bertz CT molecular complexity index is 381. The monoisotopic (exact) mass is 286 g/mol. The molecule has 0 N–H and O–H groups in total. The summed E-state index contributed by atoms with van der Waals surface area (Å²) in [6.45, 7) is 0. The highest BCUT2D eigenvalue weighted by Gasteiger charge is 2.09. The summed E-state index contributed by atoms with van der Waals surface area (Å²) in [5.74, 6) is -0.0287. The van der Waals surface area contributed by atoms with Crippen LogP contribution >= 0.6 is 23.5 Å². The van der Waals surface area contributed by atoms with Gasteiger partial charge >= 0.3 is 11.9 Å². The summed E-state index contributed by atoms with van der Waals surface area (Å²) >= 11 is 2.78. The van der Waals surface area contributed by atoms with Gasteiger partial charge in [0.2, 0.25) is 0 Å². The lowest BCUT2D eigenvalue weighted by Gasteiger charge is -2.07. The van der Waals surface area contributed by atoms with E-state index in [1.165, 1.54) is 37.7 Å². The van der Waals surface area contributed by atoms with E-state index in [9.17, 15) is 9.59 Å². The minimum atomic E-state index is -0.271. The van der Waals surface area contributed by atoms with Crippen LogP contribution in [-0.2, 0) is 19.1 Å². The summed E-state index contributed by atoms with van der Waals surface area (Å²) in [5.41, 5.74) is 0. The molecular weight excluding hydrogens is 272 g/mol. The first-order valence-corrected chi connectivity index (χ1v) is 7.12. The molecule has 0 spiro atoms. The lowest BCUT2D eigenvalue weighted by molar-refractivity contribution is -0.138. The van der Waals surface area contributed by atoms with Crippen molar-refractivity contribution in [2.24, 2.45) is 0 Å². The van der Waals surface area contributed by atoms with E-state index in [0.717, 1.165) is 9.79 Å². The molecule has 4 nitrogen and oxygen atoms in total. The third kappa shape index (κ3) is 5.01. The molecule has 0 aliphatic rings. The maximum atomic E-state index is 11.1. The molecule has 1 rings (SSSR count). The van der Waals surface area contributed by atoms with Crippen LogP contribution in [0.15, 0.2) is 34.1 Å². The van der Waals surface area contributed by atoms with Gasteiger partial charge in [0.05, 0.1) is 25.7 Å². The van der Waals surface area contributed by atoms with Crippen LogP contribution in [0.25, 0.3) is 0 Å². The van der Waals surface area contributed by atoms with Crippen LogP contribution < -0.4 is 0 Å². The zero-order valence-electron chi connectivity index (χ0n) is 10.2. The molecule has 0 aliphatic carbocycles. The molecule has 0 radical (unpaired) electrons. The number of methoxy groups -OCH3 is 2. The smallest absolute Gasteiger partial charge is 0.315 e. The van der Waals surface area contributed by atoms with Crippen molar-refractivity contribution < 1.29 is 19.1 Å². The van der Waals surface area contributed by atoms with Crippen molar-refractivity contribution in [3.8, 4) is 0 Å². The second-order valence-electron chi connectivity index (χ2n) is 3.18. The van der Waals surface area contributed by atoms with Crippen molar-refractivity contribution in [1.82, 2.24) is 0 Å². The summed E-state index contributed by atoms with van der Waals surface area (Å²) in [6, 6.07) is 7.60. The van der Waals surface area contributed by atoms with Gasteiger partial charge in [-0.05, 0) is 12.1 Å². The molecule has 0 aliphatic heterocycles. The van der Waals surface area contributed by atoms with Crippen LogP contribution in [0, 0.1) is 0 Å². The van der Waals surface area contributed by atoms with E-state index in [-0.39, 0.29) is 23.4 Å². The van der Waals surface area contributed by atoms with Gasteiger partial charge in [-0.25, -0.2) is 0 Å². The fourth-order valence-electron chi connectivity index (χ4n) is 1.08. The normalized spacial score (nSPS) is 9.89. The molecular formula is C12H14O4S2. The van der Waals surface area contributed by atoms with Crippen molar-refractivity contribution in [2.75, 3.05) is 25.7 Å². The Labute approximate surface area is 114 Å². The Morgan fingerprint density at radius 3 is 1.67 bits per heavy atom. The molecule has 0 saturated heterocycles. The van der Waals surface area contributed by atoms with Gasteiger partial charge in [0.15, 0.2) is 0 Å². The third-order valence-corrected chi connectivity index (χ3v) is 4.22. The number of carbonyl (C=O) groups excluding carboxylic acids is 2. The zero-order valence-corrected chi connectivity index (χ0v) is 11.8. The number of rotatable bonds is 6. The Hall–Kier alpha value is -1.14. The molecule has 0 aromatic heterocycles. The highest BCUT2D eigenvalue weighted by molar-refractivity contribution is 8.03. The number of thioether (sulfide) groups is 2. The summed E-state index contributed by atoms with van der Waals surface area (Å²) in [6.07, 6.45) is 0. The first kappa shape index (κ1) is 14.9. The van der Waals surface area contributed by atoms with Crippen molar-refractivity contribution in [3.05, 3.63) is 24.3 Å². The second-order valence-corrected chi connectivity index (χ2v) is 5.21. The average Bonchev–Trinajstić information content (AvgIpc) is 2.42. The number of hydrogen-bond acceptors (Lipinski definition) is 6. The molecule has 0 unspecified atom stereocenters. The van der Waals surface area contributed by atoms with Crippen molar-refractivity contribution in [3.63, 3.8) is 0 Å². The fourth-order valence-corrected chi connectivity index (χ4v) is 2.99. The fraction of sp³-hybridized carbons (Fsp3) is 0.333. The Balaban J connectivity index is 2.61. The van der Waals surface area contributed by atoms with E-state index in [0.29, 0.717) is 0 Å².